The molecule has 0 aromatic rings. The summed E-state index contributed by atoms with van der Waals surface area (Å²) in [6.07, 6.45) is 2.75. The molecule has 5 nitrogen and oxygen atoms in total. The van der Waals surface area contributed by atoms with Crippen LogP contribution >= 0.6 is 0 Å². The van der Waals surface area contributed by atoms with Gasteiger partial charge >= 0.3 is 5.97 Å². The molecular formula is C13H25NO4S. The summed E-state index contributed by atoms with van der Waals surface area (Å²) in [6, 6.07) is 0. The molecule has 0 amide bonds. The molecule has 0 aliphatic carbocycles. The number of carbonyl (C=O) groups is 1. The molecule has 0 saturated carbocycles. The fourth-order valence-corrected chi connectivity index (χ4v) is 4.08. The van der Waals surface area contributed by atoms with Crippen molar-refractivity contribution in [2.24, 2.45) is 5.41 Å². The Hall–Kier alpha value is -0.620. The van der Waals surface area contributed by atoms with Crippen molar-refractivity contribution in [3.05, 3.63) is 0 Å². The number of rotatable bonds is 7. The van der Waals surface area contributed by atoms with Crippen molar-refractivity contribution >= 4 is 15.8 Å². The normalized spacial score (nSPS) is 25.4. The maximum atomic E-state index is 11.7. The zero-order chi connectivity index (χ0) is 14.5. The highest BCUT2D eigenvalue weighted by Gasteiger charge is 2.40. The second kappa shape index (κ2) is 6.70. The number of carboxylic acids is 1. The zero-order valence-electron chi connectivity index (χ0n) is 11.9. The topological polar surface area (TPSA) is 74.7 Å². The van der Waals surface area contributed by atoms with Gasteiger partial charge in [0, 0.05) is 18.8 Å². The molecule has 0 bridgehead atoms. The van der Waals surface area contributed by atoms with Crippen molar-refractivity contribution in [3.63, 3.8) is 0 Å². The number of hydrogen-bond donors (Lipinski definition) is 1. The summed E-state index contributed by atoms with van der Waals surface area (Å²) in [6.45, 7) is 5.48. The van der Waals surface area contributed by atoms with E-state index in [1.165, 1.54) is 0 Å². The minimum atomic E-state index is -2.98. The number of sulfone groups is 1. The monoisotopic (exact) mass is 291 g/mol. The average molecular weight is 291 g/mol. The van der Waals surface area contributed by atoms with Gasteiger partial charge in [0.1, 0.15) is 0 Å². The van der Waals surface area contributed by atoms with E-state index in [1.807, 2.05) is 18.7 Å². The van der Waals surface area contributed by atoms with Crippen molar-refractivity contribution in [1.29, 1.82) is 0 Å². The van der Waals surface area contributed by atoms with Gasteiger partial charge in [-0.25, -0.2) is 8.42 Å². The van der Waals surface area contributed by atoms with Gasteiger partial charge in [0.05, 0.1) is 11.2 Å². The molecule has 1 unspecified atom stereocenters. The van der Waals surface area contributed by atoms with Crippen LogP contribution in [0.3, 0.4) is 0 Å². The van der Waals surface area contributed by atoms with E-state index in [1.54, 1.807) is 0 Å². The van der Waals surface area contributed by atoms with Crippen LogP contribution in [-0.2, 0) is 14.6 Å². The van der Waals surface area contributed by atoms with E-state index < -0.39 is 21.2 Å². The van der Waals surface area contributed by atoms with Gasteiger partial charge in [-0.05, 0) is 32.2 Å². The fourth-order valence-electron chi connectivity index (χ4n) is 2.71. The molecule has 0 aromatic heterocycles. The Balaban J connectivity index is 2.59. The standard InChI is InChI=1S/C13H25NO4S/c1-3-9-19(17,18)10-8-14-7-5-6-13(4-2,11-14)12(15)16/h3-11H2,1-2H3,(H,15,16). The van der Waals surface area contributed by atoms with Gasteiger partial charge in [-0.15, -0.1) is 0 Å². The van der Waals surface area contributed by atoms with Gasteiger partial charge in [-0.2, -0.15) is 0 Å². The Labute approximate surface area is 115 Å². The summed E-state index contributed by atoms with van der Waals surface area (Å²) in [5.74, 6) is -0.394. The van der Waals surface area contributed by atoms with Gasteiger partial charge in [0.15, 0.2) is 9.84 Å². The van der Waals surface area contributed by atoms with Crippen LogP contribution in [-0.4, -0.2) is 55.5 Å². The SMILES string of the molecule is CCCS(=O)(=O)CCN1CCCC(CC)(C(=O)O)C1. The maximum Gasteiger partial charge on any atom is 0.310 e. The Kier molecular flexibility index (Phi) is 5.80. The van der Waals surface area contributed by atoms with E-state index in [-0.39, 0.29) is 11.5 Å². The lowest BCUT2D eigenvalue weighted by Crippen LogP contribution is -2.48. The quantitative estimate of drug-likeness (QED) is 0.767. The second-order valence-electron chi connectivity index (χ2n) is 5.47. The molecule has 6 heteroatoms. The largest absolute Gasteiger partial charge is 0.481 e. The summed E-state index contributed by atoms with van der Waals surface area (Å²) in [5, 5.41) is 9.37. The summed E-state index contributed by atoms with van der Waals surface area (Å²) in [7, 11) is -2.98. The lowest BCUT2D eigenvalue weighted by molar-refractivity contribution is -0.152. The van der Waals surface area contributed by atoms with Crippen LogP contribution in [0.25, 0.3) is 0 Å². The number of hydrogen-bond acceptors (Lipinski definition) is 4. The minimum Gasteiger partial charge on any atom is -0.481 e. The van der Waals surface area contributed by atoms with Crippen LogP contribution in [0.1, 0.15) is 39.5 Å². The van der Waals surface area contributed by atoms with Crippen molar-refractivity contribution in [3.8, 4) is 0 Å². The third-order valence-corrected chi connectivity index (χ3v) is 5.85. The summed E-state index contributed by atoms with van der Waals surface area (Å²) in [5.41, 5.74) is -0.688. The number of likely N-dealkylation sites (tertiary alicyclic amines) is 1. The van der Waals surface area contributed by atoms with Gasteiger partial charge in [-0.1, -0.05) is 13.8 Å². The lowest BCUT2D eigenvalue weighted by atomic mass is 9.78. The first-order valence-corrected chi connectivity index (χ1v) is 8.83. The molecular weight excluding hydrogens is 266 g/mol. The van der Waals surface area contributed by atoms with Gasteiger partial charge in [0.2, 0.25) is 0 Å². The van der Waals surface area contributed by atoms with E-state index in [2.05, 4.69) is 0 Å². The van der Waals surface area contributed by atoms with E-state index in [0.717, 1.165) is 13.0 Å². The summed E-state index contributed by atoms with van der Waals surface area (Å²) in [4.78, 5) is 13.4. The van der Waals surface area contributed by atoms with Crippen LogP contribution in [0.5, 0.6) is 0 Å². The molecule has 0 spiro atoms. The number of carboxylic acid groups (broad SMARTS) is 1. The molecule has 112 valence electrons. The Morgan fingerprint density at radius 2 is 2.00 bits per heavy atom. The van der Waals surface area contributed by atoms with E-state index in [9.17, 15) is 18.3 Å². The molecule has 1 heterocycles. The van der Waals surface area contributed by atoms with Crippen LogP contribution in [0.4, 0.5) is 0 Å². The Morgan fingerprint density at radius 3 is 2.53 bits per heavy atom. The number of aliphatic carboxylic acids is 1. The molecule has 0 radical (unpaired) electrons. The highest BCUT2D eigenvalue weighted by atomic mass is 32.2. The Morgan fingerprint density at radius 1 is 1.32 bits per heavy atom. The first-order valence-electron chi connectivity index (χ1n) is 7.01. The van der Waals surface area contributed by atoms with Crippen LogP contribution in [0.2, 0.25) is 0 Å². The number of nitrogens with zero attached hydrogens (tertiary/aromatic N) is 1. The first-order chi connectivity index (χ1) is 8.85. The molecule has 1 N–H and O–H groups in total. The van der Waals surface area contributed by atoms with Crippen LogP contribution in [0.15, 0.2) is 0 Å². The van der Waals surface area contributed by atoms with Gasteiger partial charge in [-0.3, -0.25) is 4.79 Å². The minimum absolute atomic E-state index is 0.139. The number of piperidine rings is 1. The molecule has 1 atom stereocenters. The Bertz CT molecular complexity index is 407. The summed E-state index contributed by atoms with van der Waals surface area (Å²) >= 11 is 0. The second-order valence-corrected chi connectivity index (χ2v) is 7.77. The van der Waals surface area contributed by atoms with E-state index in [0.29, 0.717) is 32.4 Å². The van der Waals surface area contributed by atoms with E-state index >= 15 is 0 Å². The third kappa shape index (κ3) is 4.45. The lowest BCUT2D eigenvalue weighted by Gasteiger charge is -2.39. The zero-order valence-corrected chi connectivity index (χ0v) is 12.7. The smallest absolute Gasteiger partial charge is 0.310 e. The first kappa shape index (κ1) is 16.4. The third-order valence-electron chi connectivity index (χ3n) is 4.02. The molecule has 1 rings (SSSR count). The molecule has 1 saturated heterocycles. The van der Waals surface area contributed by atoms with Crippen molar-refractivity contribution < 1.29 is 18.3 Å². The van der Waals surface area contributed by atoms with Crippen LogP contribution < -0.4 is 0 Å². The molecule has 1 aliphatic heterocycles. The maximum absolute atomic E-state index is 11.7. The highest BCUT2D eigenvalue weighted by Crippen LogP contribution is 2.33. The van der Waals surface area contributed by atoms with E-state index in [4.69, 9.17) is 0 Å². The summed E-state index contributed by atoms with van der Waals surface area (Å²) < 4.78 is 23.4. The van der Waals surface area contributed by atoms with Crippen LogP contribution in [0, 0.1) is 5.41 Å². The average Bonchev–Trinajstić information content (AvgIpc) is 2.36. The predicted octanol–water partition coefficient (Wildman–Crippen LogP) is 1.39. The molecule has 19 heavy (non-hydrogen) atoms. The molecule has 1 aliphatic rings. The molecule has 1 fully saturated rings. The predicted molar refractivity (Wildman–Crippen MR) is 75.0 cm³/mol. The highest BCUT2D eigenvalue weighted by molar-refractivity contribution is 7.91. The van der Waals surface area contributed by atoms with Gasteiger partial charge < -0.3 is 10.0 Å². The molecule has 0 aromatic carbocycles. The van der Waals surface area contributed by atoms with Gasteiger partial charge in [0.25, 0.3) is 0 Å². The van der Waals surface area contributed by atoms with Crippen molar-refractivity contribution in [2.75, 3.05) is 31.1 Å². The fraction of sp³-hybridized carbons (Fsp3) is 0.923. The van der Waals surface area contributed by atoms with Crippen molar-refractivity contribution in [1.82, 2.24) is 4.90 Å². The van der Waals surface area contributed by atoms with Crippen molar-refractivity contribution in [2.45, 2.75) is 39.5 Å².